The van der Waals surface area contributed by atoms with Gasteiger partial charge in [0.05, 0.1) is 5.70 Å². The average molecular weight is 127 g/mol. The Morgan fingerprint density at radius 2 is 2.11 bits per heavy atom. The highest BCUT2D eigenvalue weighted by molar-refractivity contribution is 5.25. The van der Waals surface area contributed by atoms with E-state index in [9.17, 15) is 0 Å². The first-order chi connectivity index (χ1) is 4.09. The summed E-state index contributed by atoms with van der Waals surface area (Å²) in [6, 6.07) is 0. The Bertz CT molecular complexity index is 143. The molecule has 52 valence electrons. The summed E-state index contributed by atoms with van der Waals surface area (Å²) in [6.45, 7) is 7.15. The van der Waals surface area contributed by atoms with Gasteiger partial charge in [-0.25, -0.2) is 0 Å². The first-order valence-electron chi connectivity index (χ1n) is 2.93. The van der Waals surface area contributed by atoms with Gasteiger partial charge >= 0.3 is 0 Å². The number of nitrogens with two attached hydrogens (primary N) is 1. The second kappa shape index (κ2) is 3.17. The van der Waals surface area contributed by atoms with E-state index in [0.717, 1.165) is 12.0 Å². The van der Waals surface area contributed by atoms with Gasteiger partial charge < -0.3 is 10.8 Å². The quantitative estimate of drug-likeness (QED) is 0.438. The van der Waals surface area contributed by atoms with Crippen LogP contribution >= 0.6 is 0 Å². The van der Waals surface area contributed by atoms with Crippen molar-refractivity contribution >= 4 is 0 Å². The minimum absolute atomic E-state index is 0.154. The van der Waals surface area contributed by atoms with Crippen molar-refractivity contribution in [2.45, 2.75) is 20.3 Å². The number of aliphatic hydroxyl groups is 1. The Kier molecular flexibility index (Phi) is 2.85. The third kappa shape index (κ3) is 2.22. The molecule has 2 heteroatoms. The van der Waals surface area contributed by atoms with Crippen LogP contribution in [-0.2, 0) is 0 Å². The summed E-state index contributed by atoms with van der Waals surface area (Å²) >= 11 is 0. The highest BCUT2D eigenvalue weighted by Gasteiger charge is 1.96. The molecule has 0 aliphatic carbocycles. The van der Waals surface area contributed by atoms with Gasteiger partial charge in [-0.2, -0.15) is 0 Å². The molecule has 0 aromatic rings. The molecule has 0 aliphatic rings. The summed E-state index contributed by atoms with van der Waals surface area (Å²) in [6.07, 6.45) is 0.781. The fraction of sp³-hybridized carbons (Fsp3) is 0.429. The standard InChI is InChI=1S/C7H13NO/c1-4-5(2)7(8)6(3)9/h9H,2,4,8H2,1,3H3/b7-6-. The molecule has 0 radical (unpaired) electrons. The van der Waals surface area contributed by atoms with Crippen LogP contribution < -0.4 is 5.73 Å². The molecule has 0 amide bonds. The van der Waals surface area contributed by atoms with Crippen LogP contribution in [0.4, 0.5) is 0 Å². The van der Waals surface area contributed by atoms with Gasteiger partial charge in [0, 0.05) is 0 Å². The number of hydrogen-bond donors (Lipinski definition) is 2. The van der Waals surface area contributed by atoms with Crippen LogP contribution in [0.15, 0.2) is 23.6 Å². The van der Waals surface area contributed by atoms with Gasteiger partial charge in [0.2, 0.25) is 0 Å². The van der Waals surface area contributed by atoms with E-state index in [1.807, 2.05) is 6.92 Å². The van der Waals surface area contributed by atoms with E-state index in [4.69, 9.17) is 10.8 Å². The van der Waals surface area contributed by atoms with Crippen LogP contribution in [0.2, 0.25) is 0 Å². The maximum atomic E-state index is 8.82. The molecule has 0 saturated heterocycles. The van der Waals surface area contributed by atoms with Gasteiger partial charge in [-0.15, -0.1) is 0 Å². The Morgan fingerprint density at radius 3 is 2.22 bits per heavy atom. The number of aliphatic hydroxyl groups excluding tert-OH is 1. The molecular weight excluding hydrogens is 114 g/mol. The summed E-state index contributed by atoms with van der Waals surface area (Å²) in [4.78, 5) is 0. The zero-order valence-electron chi connectivity index (χ0n) is 5.94. The molecule has 0 atom stereocenters. The van der Waals surface area contributed by atoms with Crippen molar-refractivity contribution in [3.8, 4) is 0 Å². The Morgan fingerprint density at radius 1 is 1.67 bits per heavy atom. The van der Waals surface area contributed by atoms with E-state index in [0.29, 0.717) is 5.70 Å². The molecule has 9 heavy (non-hydrogen) atoms. The van der Waals surface area contributed by atoms with E-state index in [1.54, 1.807) is 6.92 Å². The van der Waals surface area contributed by atoms with Gasteiger partial charge in [0.15, 0.2) is 0 Å². The fourth-order valence-electron chi connectivity index (χ4n) is 0.446. The zero-order valence-corrected chi connectivity index (χ0v) is 5.94. The molecule has 0 aromatic carbocycles. The van der Waals surface area contributed by atoms with Crippen LogP contribution in [0.5, 0.6) is 0 Å². The third-order valence-electron chi connectivity index (χ3n) is 1.20. The minimum Gasteiger partial charge on any atom is -0.510 e. The van der Waals surface area contributed by atoms with Crippen molar-refractivity contribution in [3.63, 3.8) is 0 Å². The molecule has 0 spiro atoms. The topological polar surface area (TPSA) is 46.2 Å². The van der Waals surface area contributed by atoms with Crippen molar-refractivity contribution in [1.29, 1.82) is 0 Å². The summed E-state index contributed by atoms with van der Waals surface area (Å²) in [7, 11) is 0. The minimum atomic E-state index is 0.154. The van der Waals surface area contributed by atoms with E-state index in [1.165, 1.54) is 0 Å². The van der Waals surface area contributed by atoms with Gasteiger partial charge in [-0.05, 0) is 18.9 Å². The van der Waals surface area contributed by atoms with Crippen LogP contribution in [0, 0.1) is 0 Å². The van der Waals surface area contributed by atoms with Crippen molar-refractivity contribution in [1.82, 2.24) is 0 Å². The second-order valence-electron chi connectivity index (χ2n) is 1.96. The van der Waals surface area contributed by atoms with Crippen LogP contribution in [0.3, 0.4) is 0 Å². The molecule has 0 rings (SSSR count). The van der Waals surface area contributed by atoms with Crippen LogP contribution in [0.25, 0.3) is 0 Å². The lowest BCUT2D eigenvalue weighted by molar-refractivity contribution is 0.407. The molecule has 0 bridgehead atoms. The van der Waals surface area contributed by atoms with Gasteiger partial charge in [0.25, 0.3) is 0 Å². The average Bonchev–Trinajstić information content (AvgIpc) is 1.84. The first-order valence-corrected chi connectivity index (χ1v) is 2.93. The molecule has 0 aliphatic heterocycles. The molecule has 0 fully saturated rings. The molecule has 0 unspecified atom stereocenters. The number of hydrogen-bond acceptors (Lipinski definition) is 2. The lowest BCUT2D eigenvalue weighted by Crippen LogP contribution is -2.02. The molecular formula is C7H13NO. The second-order valence-corrected chi connectivity index (χ2v) is 1.96. The Labute approximate surface area is 55.7 Å². The van der Waals surface area contributed by atoms with E-state index in [-0.39, 0.29) is 5.76 Å². The van der Waals surface area contributed by atoms with Gasteiger partial charge in [0.1, 0.15) is 5.76 Å². The Balaban J connectivity index is 4.21. The lowest BCUT2D eigenvalue weighted by Gasteiger charge is -2.01. The van der Waals surface area contributed by atoms with Crippen molar-refractivity contribution in [3.05, 3.63) is 23.6 Å². The SMILES string of the molecule is C=C(CC)/C(N)=C(\C)O. The van der Waals surface area contributed by atoms with E-state index < -0.39 is 0 Å². The van der Waals surface area contributed by atoms with Crippen LogP contribution in [0.1, 0.15) is 20.3 Å². The predicted molar refractivity (Wildman–Crippen MR) is 38.9 cm³/mol. The largest absolute Gasteiger partial charge is 0.510 e. The normalized spacial score (nSPS) is 12.7. The summed E-state index contributed by atoms with van der Waals surface area (Å²) in [5, 5.41) is 8.82. The molecule has 0 heterocycles. The van der Waals surface area contributed by atoms with Crippen molar-refractivity contribution < 1.29 is 5.11 Å². The first kappa shape index (κ1) is 8.08. The molecule has 3 N–H and O–H groups in total. The van der Waals surface area contributed by atoms with E-state index in [2.05, 4.69) is 6.58 Å². The molecule has 0 aromatic heterocycles. The number of allylic oxidation sites excluding steroid dienone is 2. The third-order valence-corrected chi connectivity index (χ3v) is 1.20. The van der Waals surface area contributed by atoms with Crippen molar-refractivity contribution in [2.75, 3.05) is 0 Å². The summed E-state index contributed by atoms with van der Waals surface area (Å²) < 4.78 is 0. The smallest absolute Gasteiger partial charge is 0.112 e. The summed E-state index contributed by atoms with van der Waals surface area (Å²) in [5.74, 6) is 0.154. The monoisotopic (exact) mass is 127 g/mol. The van der Waals surface area contributed by atoms with Crippen molar-refractivity contribution in [2.24, 2.45) is 5.73 Å². The maximum Gasteiger partial charge on any atom is 0.112 e. The van der Waals surface area contributed by atoms with Crippen LogP contribution in [-0.4, -0.2) is 5.11 Å². The van der Waals surface area contributed by atoms with E-state index >= 15 is 0 Å². The number of rotatable bonds is 2. The highest BCUT2D eigenvalue weighted by atomic mass is 16.3. The maximum absolute atomic E-state index is 8.82. The molecule has 2 nitrogen and oxygen atoms in total. The Hall–Kier alpha value is -0.920. The predicted octanol–water partition coefficient (Wildman–Crippen LogP) is 1.70. The lowest BCUT2D eigenvalue weighted by atomic mass is 10.1. The van der Waals surface area contributed by atoms with Gasteiger partial charge in [-0.3, -0.25) is 0 Å². The fourth-order valence-corrected chi connectivity index (χ4v) is 0.446. The zero-order chi connectivity index (χ0) is 7.44. The molecule has 0 saturated carbocycles. The highest BCUT2D eigenvalue weighted by Crippen LogP contribution is 2.07. The van der Waals surface area contributed by atoms with Gasteiger partial charge in [-0.1, -0.05) is 13.5 Å². The summed E-state index contributed by atoms with van der Waals surface area (Å²) in [5.41, 5.74) is 6.60.